The monoisotopic (exact) mass is 418 g/mol. The summed E-state index contributed by atoms with van der Waals surface area (Å²) in [6.07, 6.45) is 1.62. The maximum absolute atomic E-state index is 12.5. The summed E-state index contributed by atoms with van der Waals surface area (Å²) in [5.74, 6) is -0.213. The number of amides is 1. The van der Waals surface area contributed by atoms with Crippen LogP contribution in [0.15, 0.2) is 53.9 Å². The first-order chi connectivity index (χ1) is 13.8. The molecule has 0 fully saturated rings. The highest BCUT2D eigenvalue weighted by molar-refractivity contribution is 8.00. The molecule has 0 aliphatic rings. The first-order valence-electron chi connectivity index (χ1n) is 8.83. The lowest BCUT2D eigenvalue weighted by atomic mass is 10.1. The van der Waals surface area contributed by atoms with Crippen LogP contribution in [-0.4, -0.2) is 32.5 Å². The van der Waals surface area contributed by atoms with E-state index in [4.69, 9.17) is 0 Å². The number of aryl methyl sites for hydroxylation is 2. The minimum atomic E-state index is -2.89. The van der Waals surface area contributed by atoms with E-state index in [1.807, 2.05) is 30.5 Å². The smallest absolute Gasteiger partial charge is 0.387 e. The van der Waals surface area contributed by atoms with Crippen LogP contribution >= 0.6 is 11.8 Å². The number of alkyl halides is 2. The van der Waals surface area contributed by atoms with Crippen molar-refractivity contribution in [2.75, 3.05) is 5.32 Å². The van der Waals surface area contributed by atoms with E-state index in [0.29, 0.717) is 10.8 Å². The van der Waals surface area contributed by atoms with Crippen LogP contribution in [0, 0.1) is 13.8 Å². The largest absolute Gasteiger partial charge is 0.435 e. The second kappa shape index (κ2) is 9.04. The second-order valence-corrected chi connectivity index (χ2v) is 7.73. The molecular formula is C20H20F2N4O2S. The molecule has 6 nitrogen and oxygen atoms in total. The third kappa shape index (κ3) is 5.32. The zero-order valence-electron chi connectivity index (χ0n) is 16.1. The van der Waals surface area contributed by atoms with Crippen molar-refractivity contribution in [3.8, 4) is 11.4 Å². The number of aromatic nitrogens is 3. The Morgan fingerprint density at radius 2 is 1.90 bits per heavy atom. The molecule has 0 spiro atoms. The van der Waals surface area contributed by atoms with E-state index in [1.54, 1.807) is 13.3 Å². The molecule has 0 bridgehead atoms. The Morgan fingerprint density at radius 1 is 1.17 bits per heavy atom. The third-order valence-electron chi connectivity index (χ3n) is 4.13. The molecule has 1 unspecified atom stereocenters. The summed E-state index contributed by atoms with van der Waals surface area (Å²) in [5, 5.41) is 11.0. The average molecular weight is 418 g/mol. The van der Waals surface area contributed by atoms with Crippen molar-refractivity contribution in [3.05, 3.63) is 59.9 Å². The molecule has 1 N–H and O–H groups in total. The molecule has 29 heavy (non-hydrogen) atoms. The number of thioether (sulfide) groups is 1. The standard InChI is InChI=1S/C20H20F2N4O2S/c1-12-4-9-17(13(2)10-12)26-11-23-25-20(26)29-14(3)18(27)24-15-5-7-16(8-6-15)28-19(21)22/h4-11,14,19H,1-3H3,(H,24,27). The molecule has 3 rings (SSSR count). The van der Waals surface area contributed by atoms with Gasteiger partial charge in [0.1, 0.15) is 12.1 Å². The van der Waals surface area contributed by atoms with Gasteiger partial charge in [-0.3, -0.25) is 9.36 Å². The summed E-state index contributed by atoms with van der Waals surface area (Å²) in [7, 11) is 0. The molecule has 9 heteroatoms. The van der Waals surface area contributed by atoms with Crippen molar-refractivity contribution < 1.29 is 18.3 Å². The van der Waals surface area contributed by atoms with Crippen LogP contribution < -0.4 is 10.1 Å². The zero-order valence-corrected chi connectivity index (χ0v) is 16.9. The Bertz CT molecular complexity index is 992. The normalized spacial score (nSPS) is 12.1. The predicted octanol–water partition coefficient (Wildman–Crippen LogP) is 4.60. The Morgan fingerprint density at radius 3 is 2.55 bits per heavy atom. The fourth-order valence-corrected chi connectivity index (χ4v) is 3.56. The number of anilines is 1. The fourth-order valence-electron chi connectivity index (χ4n) is 2.72. The van der Waals surface area contributed by atoms with Crippen molar-refractivity contribution in [3.63, 3.8) is 0 Å². The highest BCUT2D eigenvalue weighted by Gasteiger charge is 2.19. The van der Waals surface area contributed by atoms with Crippen LogP contribution in [0.2, 0.25) is 0 Å². The molecule has 0 radical (unpaired) electrons. The van der Waals surface area contributed by atoms with Crippen LogP contribution in [0.25, 0.3) is 5.69 Å². The number of carbonyl (C=O) groups is 1. The summed E-state index contributed by atoms with van der Waals surface area (Å²) in [5.41, 5.74) is 3.67. The Hall–Kier alpha value is -2.94. The van der Waals surface area contributed by atoms with E-state index in [-0.39, 0.29) is 11.7 Å². The summed E-state index contributed by atoms with van der Waals surface area (Å²) < 4.78 is 30.6. The Kier molecular flexibility index (Phi) is 6.48. The highest BCUT2D eigenvalue weighted by Crippen LogP contribution is 2.27. The first kappa shape index (κ1) is 20.8. The van der Waals surface area contributed by atoms with Gasteiger partial charge >= 0.3 is 6.61 Å². The van der Waals surface area contributed by atoms with Crippen molar-refractivity contribution in [2.45, 2.75) is 37.8 Å². The zero-order chi connectivity index (χ0) is 21.0. The van der Waals surface area contributed by atoms with Gasteiger partial charge in [0.2, 0.25) is 5.91 Å². The first-order valence-corrected chi connectivity index (χ1v) is 9.71. The van der Waals surface area contributed by atoms with Crippen molar-refractivity contribution in [1.29, 1.82) is 0 Å². The average Bonchev–Trinajstić information content (AvgIpc) is 3.10. The van der Waals surface area contributed by atoms with E-state index >= 15 is 0 Å². The van der Waals surface area contributed by atoms with Crippen LogP contribution in [0.4, 0.5) is 14.5 Å². The van der Waals surface area contributed by atoms with E-state index < -0.39 is 11.9 Å². The molecule has 1 atom stereocenters. The lowest BCUT2D eigenvalue weighted by Gasteiger charge is -2.14. The molecule has 3 aromatic rings. The molecule has 0 saturated carbocycles. The molecule has 1 heterocycles. The number of benzene rings is 2. The van der Waals surface area contributed by atoms with Crippen LogP contribution in [0.1, 0.15) is 18.1 Å². The summed E-state index contributed by atoms with van der Waals surface area (Å²) in [6, 6.07) is 11.8. The quantitative estimate of drug-likeness (QED) is 0.568. The van der Waals surface area contributed by atoms with Gasteiger partial charge < -0.3 is 10.1 Å². The minimum Gasteiger partial charge on any atom is -0.435 e. The summed E-state index contributed by atoms with van der Waals surface area (Å²) in [6.45, 7) is 2.90. The van der Waals surface area contributed by atoms with E-state index in [2.05, 4.69) is 26.3 Å². The molecule has 0 aliphatic heterocycles. The molecule has 152 valence electrons. The van der Waals surface area contributed by atoms with Gasteiger partial charge in [0.15, 0.2) is 5.16 Å². The van der Waals surface area contributed by atoms with Gasteiger partial charge in [-0.05, 0) is 56.7 Å². The minimum absolute atomic E-state index is 0.0296. The number of halogens is 2. The molecule has 0 aliphatic carbocycles. The van der Waals surface area contributed by atoms with Gasteiger partial charge in [-0.2, -0.15) is 8.78 Å². The van der Waals surface area contributed by atoms with E-state index in [1.165, 1.54) is 36.0 Å². The van der Waals surface area contributed by atoms with E-state index in [0.717, 1.165) is 16.8 Å². The molecule has 2 aromatic carbocycles. The molecule has 1 aromatic heterocycles. The maximum Gasteiger partial charge on any atom is 0.387 e. The fraction of sp³-hybridized carbons (Fsp3) is 0.250. The van der Waals surface area contributed by atoms with Gasteiger partial charge in [-0.15, -0.1) is 10.2 Å². The van der Waals surface area contributed by atoms with Crippen LogP contribution in [0.3, 0.4) is 0 Å². The number of ether oxygens (including phenoxy) is 1. The predicted molar refractivity (Wildman–Crippen MR) is 108 cm³/mol. The maximum atomic E-state index is 12.5. The van der Waals surface area contributed by atoms with Gasteiger partial charge in [0.05, 0.1) is 10.9 Å². The Labute approximate surface area is 171 Å². The van der Waals surface area contributed by atoms with E-state index in [9.17, 15) is 13.6 Å². The molecule has 0 saturated heterocycles. The van der Waals surface area contributed by atoms with Crippen molar-refractivity contribution >= 4 is 23.4 Å². The van der Waals surface area contributed by atoms with Gasteiger partial charge in [0, 0.05) is 5.69 Å². The number of hydrogen-bond donors (Lipinski definition) is 1. The van der Waals surface area contributed by atoms with Gasteiger partial charge in [0.25, 0.3) is 0 Å². The summed E-state index contributed by atoms with van der Waals surface area (Å²) in [4.78, 5) is 12.5. The lowest BCUT2D eigenvalue weighted by molar-refractivity contribution is -0.115. The SMILES string of the molecule is Cc1ccc(-n2cnnc2SC(C)C(=O)Nc2ccc(OC(F)F)cc2)c(C)c1. The third-order valence-corrected chi connectivity index (χ3v) is 5.18. The van der Waals surface area contributed by atoms with Crippen LogP contribution in [-0.2, 0) is 4.79 Å². The number of hydrogen-bond acceptors (Lipinski definition) is 5. The topological polar surface area (TPSA) is 69.0 Å². The van der Waals surface area contributed by atoms with Crippen LogP contribution in [0.5, 0.6) is 5.75 Å². The number of nitrogens with one attached hydrogen (secondary N) is 1. The molecular weight excluding hydrogens is 398 g/mol. The number of rotatable bonds is 7. The van der Waals surface area contributed by atoms with Gasteiger partial charge in [-0.25, -0.2) is 0 Å². The second-order valence-electron chi connectivity index (χ2n) is 6.43. The number of nitrogens with zero attached hydrogens (tertiary/aromatic N) is 3. The Balaban J connectivity index is 1.67. The van der Waals surface area contributed by atoms with Gasteiger partial charge in [-0.1, -0.05) is 29.5 Å². The van der Waals surface area contributed by atoms with Crippen molar-refractivity contribution in [2.24, 2.45) is 0 Å². The lowest BCUT2D eigenvalue weighted by Crippen LogP contribution is -2.22. The molecule has 1 amide bonds. The summed E-state index contributed by atoms with van der Waals surface area (Å²) >= 11 is 1.28. The van der Waals surface area contributed by atoms with Crippen molar-refractivity contribution in [1.82, 2.24) is 14.8 Å². The number of carbonyl (C=O) groups excluding carboxylic acids is 1. The highest BCUT2D eigenvalue weighted by atomic mass is 32.2.